The van der Waals surface area contributed by atoms with Gasteiger partial charge in [-0.25, -0.2) is 13.8 Å². The second-order valence-corrected chi connectivity index (χ2v) is 4.80. The number of nitrogens with zero attached hydrogens (tertiary/aromatic N) is 3. The van der Waals surface area contributed by atoms with Crippen LogP contribution in [0, 0.1) is 10.1 Å². The fourth-order valence-corrected chi connectivity index (χ4v) is 2.07. The quantitative estimate of drug-likeness (QED) is 0.478. The highest BCUT2D eigenvalue weighted by Gasteiger charge is 2.36. The second-order valence-electron chi connectivity index (χ2n) is 4.44. The van der Waals surface area contributed by atoms with Gasteiger partial charge in [-0.15, -0.1) is 0 Å². The van der Waals surface area contributed by atoms with E-state index in [1.54, 1.807) is 0 Å². The standard InChI is InChI=1S/C11H10ClF2N3O3/c12-9-8(17(19)20)5-7(6-15-9)10(18)16-3-1-11(13,14)2-4-16/h5-6H,1-4H2. The molecule has 108 valence electrons. The van der Waals surface area contributed by atoms with Gasteiger partial charge in [-0.1, -0.05) is 11.6 Å². The summed E-state index contributed by atoms with van der Waals surface area (Å²) in [4.78, 5) is 26.8. The van der Waals surface area contributed by atoms with Crippen LogP contribution in [0.15, 0.2) is 12.3 Å². The van der Waals surface area contributed by atoms with Crippen LogP contribution < -0.4 is 0 Å². The van der Waals surface area contributed by atoms with Gasteiger partial charge in [-0.3, -0.25) is 14.9 Å². The molecule has 1 amide bonds. The molecular weight excluding hydrogens is 296 g/mol. The van der Waals surface area contributed by atoms with Crippen molar-refractivity contribution in [3.63, 3.8) is 0 Å². The van der Waals surface area contributed by atoms with Crippen LogP contribution >= 0.6 is 11.6 Å². The van der Waals surface area contributed by atoms with Crippen molar-refractivity contribution in [1.82, 2.24) is 9.88 Å². The van der Waals surface area contributed by atoms with Crippen molar-refractivity contribution in [1.29, 1.82) is 0 Å². The fraction of sp³-hybridized carbons (Fsp3) is 0.455. The van der Waals surface area contributed by atoms with Crippen LogP contribution in [0.1, 0.15) is 23.2 Å². The molecule has 0 aromatic carbocycles. The molecular formula is C11H10ClF2N3O3. The van der Waals surface area contributed by atoms with Crippen molar-refractivity contribution in [2.45, 2.75) is 18.8 Å². The van der Waals surface area contributed by atoms with Crippen LogP contribution in [-0.2, 0) is 0 Å². The SMILES string of the molecule is O=C(c1cnc(Cl)c([N+](=O)[O-])c1)N1CCC(F)(F)CC1. The van der Waals surface area contributed by atoms with Crippen molar-refractivity contribution in [3.8, 4) is 0 Å². The van der Waals surface area contributed by atoms with E-state index >= 15 is 0 Å². The Labute approximate surface area is 117 Å². The first-order valence-corrected chi connectivity index (χ1v) is 6.15. The molecule has 2 rings (SSSR count). The maximum absolute atomic E-state index is 13.0. The molecule has 0 unspecified atom stereocenters. The Bertz CT molecular complexity index is 558. The smallest absolute Gasteiger partial charge is 0.307 e. The van der Waals surface area contributed by atoms with Crippen molar-refractivity contribution in [2.24, 2.45) is 0 Å². The summed E-state index contributed by atoms with van der Waals surface area (Å²) < 4.78 is 26.0. The minimum atomic E-state index is -2.76. The molecule has 6 nitrogen and oxygen atoms in total. The molecule has 1 saturated heterocycles. The zero-order chi connectivity index (χ0) is 14.9. The summed E-state index contributed by atoms with van der Waals surface area (Å²) in [5.74, 6) is -3.33. The van der Waals surface area contributed by atoms with Gasteiger partial charge in [0.05, 0.1) is 10.5 Å². The van der Waals surface area contributed by atoms with Crippen molar-refractivity contribution in [2.75, 3.05) is 13.1 Å². The molecule has 1 aliphatic rings. The van der Waals surface area contributed by atoms with E-state index in [4.69, 9.17) is 11.6 Å². The number of piperidine rings is 1. The molecule has 1 aromatic rings. The highest BCUT2D eigenvalue weighted by molar-refractivity contribution is 6.31. The summed E-state index contributed by atoms with van der Waals surface area (Å²) in [6.07, 6.45) is 0.272. The number of alkyl halides is 2. The number of amides is 1. The van der Waals surface area contributed by atoms with E-state index in [0.717, 1.165) is 12.3 Å². The molecule has 0 saturated carbocycles. The number of carbonyl (C=O) groups is 1. The molecule has 20 heavy (non-hydrogen) atoms. The minimum Gasteiger partial charge on any atom is -0.338 e. The lowest BCUT2D eigenvalue weighted by atomic mass is 10.1. The molecule has 0 atom stereocenters. The maximum Gasteiger partial charge on any atom is 0.307 e. The van der Waals surface area contributed by atoms with Crippen molar-refractivity contribution >= 4 is 23.2 Å². The molecule has 1 aliphatic heterocycles. The van der Waals surface area contributed by atoms with Gasteiger partial charge in [-0.2, -0.15) is 0 Å². The van der Waals surface area contributed by atoms with Gasteiger partial charge in [0.2, 0.25) is 5.15 Å². The van der Waals surface area contributed by atoms with Gasteiger partial charge in [0.1, 0.15) is 0 Å². The number of carbonyl (C=O) groups excluding carboxylic acids is 1. The number of aromatic nitrogens is 1. The van der Waals surface area contributed by atoms with E-state index in [9.17, 15) is 23.7 Å². The summed E-state index contributed by atoms with van der Waals surface area (Å²) >= 11 is 5.54. The molecule has 0 N–H and O–H groups in total. The van der Waals surface area contributed by atoms with Crippen LogP contribution in [0.25, 0.3) is 0 Å². The average molecular weight is 306 g/mol. The lowest BCUT2D eigenvalue weighted by molar-refractivity contribution is -0.385. The number of rotatable bonds is 2. The van der Waals surface area contributed by atoms with Gasteiger partial charge in [0, 0.05) is 38.2 Å². The van der Waals surface area contributed by atoms with E-state index < -0.39 is 35.3 Å². The summed E-state index contributed by atoms with van der Waals surface area (Å²) in [6.45, 7) is -0.190. The second kappa shape index (κ2) is 5.28. The molecule has 0 bridgehead atoms. The normalized spacial score (nSPS) is 17.9. The zero-order valence-electron chi connectivity index (χ0n) is 10.2. The molecule has 2 heterocycles. The third kappa shape index (κ3) is 3.01. The lowest BCUT2D eigenvalue weighted by Gasteiger charge is -2.31. The first-order chi connectivity index (χ1) is 9.30. The molecule has 1 fully saturated rings. The van der Waals surface area contributed by atoms with Crippen molar-refractivity contribution in [3.05, 3.63) is 33.1 Å². The van der Waals surface area contributed by atoms with Crippen LogP contribution in [0.3, 0.4) is 0 Å². The Kier molecular flexibility index (Phi) is 3.85. The number of likely N-dealkylation sites (tertiary alicyclic amines) is 1. The molecule has 1 aromatic heterocycles. The average Bonchev–Trinajstić information content (AvgIpc) is 2.38. The van der Waals surface area contributed by atoms with Gasteiger partial charge < -0.3 is 4.90 Å². The first kappa shape index (κ1) is 14.6. The van der Waals surface area contributed by atoms with Crippen LogP contribution in [0.5, 0.6) is 0 Å². The number of nitro groups is 1. The third-order valence-corrected chi connectivity index (χ3v) is 3.34. The van der Waals surface area contributed by atoms with Gasteiger partial charge in [-0.05, 0) is 0 Å². The van der Waals surface area contributed by atoms with Gasteiger partial charge >= 0.3 is 5.69 Å². The van der Waals surface area contributed by atoms with Crippen molar-refractivity contribution < 1.29 is 18.5 Å². The van der Waals surface area contributed by atoms with Crippen LogP contribution in [0.2, 0.25) is 5.15 Å². The molecule has 0 aliphatic carbocycles. The monoisotopic (exact) mass is 305 g/mol. The van der Waals surface area contributed by atoms with Gasteiger partial charge in [0.15, 0.2) is 0 Å². The van der Waals surface area contributed by atoms with Crippen LogP contribution in [0.4, 0.5) is 14.5 Å². The molecule has 0 radical (unpaired) electrons. The molecule has 0 spiro atoms. The largest absolute Gasteiger partial charge is 0.338 e. The minimum absolute atomic E-state index is 0.0358. The predicted molar refractivity (Wildman–Crippen MR) is 66.0 cm³/mol. The Morgan fingerprint density at radius 2 is 2.05 bits per heavy atom. The Morgan fingerprint density at radius 1 is 1.45 bits per heavy atom. The van der Waals surface area contributed by atoms with E-state index in [-0.39, 0.29) is 23.8 Å². The third-order valence-electron chi connectivity index (χ3n) is 3.05. The maximum atomic E-state index is 13.0. The fourth-order valence-electron chi connectivity index (χ4n) is 1.90. The Morgan fingerprint density at radius 3 is 2.60 bits per heavy atom. The lowest BCUT2D eigenvalue weighted by Crippen LogP contribution is -2.42. The highest BCUT2D eigenvalue weighted by Crippen LogP contribution is 2.29. The van der Waals surface area contributed by atoms with E-state index in [0.29, 0.717) is 0 Å². The predicted octanol–water partition coefficient (Wildman–Crippen LogP) is 2.51. The summed E-state index contributed by atoms with van der Waals surface area (Å²) in [7, 11) is 0. The van der Waals surface area contributed by atoms with E-state index in [2.05, 4.69) is 4.98 Å². The van der Waals surface area contributed by atoms with Gasteiger partial charge in [0.25, 0.3) is 11.8 Å². The Hall–Kier alpha value is -1.83. The number of pyridine rings is 1. The van der Waals surface area contributed by atoms with E-state index in [1.807, 2.05) is 0 Å². The molecule has 9 heteroatoms. The number of hydrogen-bond donors (Lipinski definition) is 0. The first-order valence-electron chi connectivity index (χ1n) is 5.77. The Balaban J connectivity index is 2.18. The summed E-state index contributed by atoms with van der Waals surface area (Å²) in [6, 6.07) is 1.00. The summed E-state index contributed by atoms with van der Waals surface area (Å²) in [5, 5.41) is 10.4. The number of hydrogen-bond acceptors (Lipinski definition) is 4. The topological polar surface area (TPSA) is 76.3 Å². The summed E-state index contributed by atoms with van der Waals surface area (Å²) in [5.41, 5.74) is -0.522. The number of halogens is 3. The van der Waals surface area contributed by atoms with Crippen LogP contribution in [-0.4, -0.2) is 39.7 Å². The zero-order valence-corrected chi connectivity index (χ0v) is 10.9. The van der Waals surface area contributed by atoms with E-state index in [1.165, 1.54) is 4.90 Å². The highest BCUT2D eigenvalue weighted by atomic mass is 35.5.